The van der Waals surface area contributed by atoms with Crippen LogP contribution in [-0.2, 0) is 0 Å². The van der Waals surface area contributed by atoms with Gasteiger partial charge < -0.3 is 9.80 Å². The number of piperazine rings is 1. The van der Waals surface area contributed by atoms with E-state index in [1.54, 1.807) is 11.8 Å². The number of carbonyl (C=O) groups is 1. The molecule has 0 saturated carbocycles. The lowest BCUT2D eigenvalue weighted by molar-refractivity contribution is 0.0746. The van der Waals surface area contributed by atoms with Gasteiger partial charge in [-0.25, -0.2) is 0 Å². The summed E-state index contributed by atoms with van der Waals surface area (Å²) in [6.07, 6.45) is 0.857. The maximum Gasteiger partial charge on any atom is 0.254 e. The minimum atomic E-state index is 0.0958. The summed E-state index contributed by atoms with van der Waals surface area (Å²) >= 11 is 1.73. The van der Waals surface area contributed by atoms with Gasteiger partial charge in [-0.3, -0.25) is 9.79 Å². The highest BCUT2D eigenvalue weighted by Gasteiger charge is 2.24. The highest BCUT2D eigenvalue weighted by molar-refractivity contribution is 7.99. The molecule has 168 valence electrons. The third kappa shape index (κ3) is 4.18. The molecular formula is C28H29N3OS. The number of anilines is 1. The van der Waals surface area contributed by atoms with Crippen LogP contribution in [0.2, 0.25) is 0 Å². The molecule has 2 heterocycles. The van der Waals surface area contributed by atoms with Gasteiger partial charge in [-0.1, -0.05) is 49.0 Å². The fraction of sp³-hybridized carbons (Fsp3) is 0.286. The second-order valence-electron chi connectivity index (χ2n) is 8.69. The van der Waals surface area contributed by atoms with Crippen molar-refractivity contribution < 1.29 is 4.79 Å². The minimum Gasteiger partial charge on any atom is -0.368 e. The number of rotatable bonds is 3. The second-order valence-corrected chi connectivity index (χ2v) is 9.77. The lowest BCUT2D eigenvalue weighted by atomic mass is 10.1. The Bertz CT molecular complexity index is 1240. The number of amides is 1. The van der Waals surface area contributed by atoms with Crippen LogP contribution in [0.25, 0.3) is 0 Å². The summed E-state index contributed by atoms with van der Waals surface area (Å²) in [6.45, 7) is 9.63. The number of hydrogen-bond donors (Lipinski definition) is 0. The molecule has 0 radical (unpaired) electrons. The van der Waals surface area contributed by atoms with Crippen LogP contribution in [0.4, 0.5) is 11.4 Å². The summed E-state index contributed by atoms with van der Waals surface area (Å²) in [6, 6.07) is 20.9. The van der Waals surface area contributed by atoms with Gasteiger partial charge in [0.15, 0.2) is 0 Å². The zero-order chi connectivity index (χ0) is 22.9. The average Bonchev–Trinajstić information content (AvgIpc) is 3.01. The van der Waals surface area contributed by atoms with E-state index in [4.69, 9.17) is 4.99 Å². The van der Waals surface area contributed by atoms with Crippen molar-refractivity contribution in [3.05, 3.63) is 82.9 Å². The molecule has 0 N–H and O–H groups in total. The first kappa shape index (κ1) is 21.8. The van der Waals surface area contributed by atoms with E-state index in [1.807, 2.05) is 17.0 Å². The standard InChI is InChI=1S/C28H29N3OS/c1-4-23-22-9-5-6-11-26(22)33-27-13-12-21(18-24(27)29-23)28(32)31-16-14-30(15-17-31)25-10-7-8-19(2)20(25)3/h5-13,18H,4,14-17H2,1-3H3. The van der Waals surface area contributed by atoms with E-state index in [2.05, 4.69) is 74.2 Å². The Hall–Kier alpha value is -3.05. The number of benzene rings is 3. The van der Waals surface area contributed by atoms with Crippen molar-refractivity contribution >= 4 is 34.8 Å². The van der Waals surface area contributed by atoms with E-state index < -0.39 is 0 Å². The number of hydrogen-bond acceptors (Lipinski definition) is 4. The van der Waals surface area contributed by atoms with E-state index in [9.17, 15) is 4.79 Å². The van der Waals surface area contributed by atoms with Crippen molar-refractivity contribution in [3.63, 3.8) is 0 Å². The predicted molar refractivity (Wildman–Crippen MR) is 138 cm³/mol. The molecule has 0 spiro atoms. The van der Waals surface area contributed by atoms with Crippen LogP contribution in [0.5, 0.6) is 0 Å². The maximum absolute atomic E-state index is 13.4. The molecule has 2 aliphatic rings. The molecule has 1 amide bonds. The first-order chi connectivity index (χ1) is 16.0. The molecule has 5 heteroatoms. The van der Waals surface area contributed by atoms with Crippen LogP contribution in [0, 0.1) is 13.8 Å². The third-order valence-corrected chi connectivity index (χ3v) is 7.84. The average molecular weight is 456 g/mol. The van der Waals surface area contributed by atoms with Crippen molar-refractivity contribution in [2.75, 3.05) is 31.1 Å². The zero-order valence-electron chi connectivity index (χ0n) is 19.5. The number of carbonyl (C=O) groups excluding carboxylic acids is 1. The molecule has 5 rings (SSSR count). The Labute approximate surface area is 200 Å². The van der Waals surface area contributed by atoms with Gasteiger partial charge in [-0.2, -0.15) is 0 Å². The molecule has 0 atom stereocenters. The molecular weight excluding hydrogens is 426 g/mol. The largest absolute Gasteiger partial charge is 0.368 e. The normalized spacial score (nSPS) is 15.4. The molecule has 1 saturated heterocycles. The monoisotopic (exact) mass is 455 g/mol. The number of aliphatic imine (C=N–C) groups is 1. The smallest absolute Gasteiger partial charge is 0.254 e. The lowest BCUT2D eigenvalue weighted by Gasteiger charge is -2.37. The summed E-state index contributed by atoms with van der Waals surface area (Å²) in [5, 5.41) is 0. The second kappa shape index (κ2) is 9.06. The van der Waals surface area contributed by atoms with Crippen LogP contribution in [0.3, 0.4) is 0 Å². The van der Waals surface area contributed by atoms with Crippen molar-refractivity contribution in [1.82, 2.24) is 4.90 Å². The van der Waals surface area contributed by atoms with Crippen molar-refractivity contribution in [2.45, 2.75) is 37.0 Å². The Morgan fingerprint density at radius 3 is 2.52 bits per heavy atom. The summed E-state index contributed by atoms with van der Waals surface area (Å²) in [5.74, 6) is 0.0958. The van der Waals surface area contributed by atoms with Crippen molar-refractivity contribution in [2.24, 2.45) is 4.99 Å². The molecule has 2 aliphatic heterocycles. The van der Waals surface area contributed by atoms with E-state index in [0.717, 1.165) is 54.5 Å². The fourth-order valence-corrected chi connectivity index (χ4v) is 5.65. The highest BCUT2D eigenvalue weighted by atomic mass is 32.2. The van der Waals surface area contributed by atoms with Crippen LogP contribution in [0.15, 0.2) is 75.4 Å². The molecule has 3 aromatic carbocycles. The van der Waals surface area contributed by atoms with Crippen molar-refractivity contribution in [3.8, 4) is 0 Å². The van der Waals surface area contributed by atoms with Gasteiger partial charge in [-0.15, -0.1) is 0 Å². The molecule has 0 aliphatic carbocycles. The number of aryl methyl sites for hydroxylation is 1. The van der Waals surface area contributed by atoms with Gasteiger partial charge in [-0.05, 0) is 61.7 Å². The van der Waals surface area contributed by atoms with Gasteiger partial charge in [0.1, 0.15) is 0 Å². The minimum absolute atomic E-state index is 0.0958. The molecule has 0 unspecified atom stereocenters. The van der Waals surface area contributed by atoms with E-state index >= 15 is 0 Å². The Kier molecular flexibility index (Phi) is 5.98. The maximum atomic E-state index is 13.4. The topological polar surface area (TPSA) is 35.9 Å². The van der Waals surface area contributed by atoms with Gasteiger partial charge in [0.05, 0.1) is 5.69 Å². The molecule has 1 fully saturated rings. The van der Waals surface area contributed by atoms with Gasteiger partial charge in [0.25, 0.3) is 5.91 Å². The van der Waals surface area contributed by atoms with E-state index in [-0.39, 0.29) is 5.91 Å². The van der Waals surface area contributed by atoms with E-state index in [0.29, 0.717) is 0 Å². The van der Waals surface area contributed by atoms with Crippen LogP contribution >= 0.6 is 11.8 Å². The fourth-order valence-electron chi connectivity index (χ4n) is 4.62. The molecule has 0 bridgehead atoms. The zero-order valence-corrected chi connectivity index (χ0v) is 20.3. The number of nitrogens with zero attached hydrogens (tertiary/aromatic N) is 3. The molecule has 3 aromatic rings. The molecule has 4 nitrogen and oxygen atoms in total. The van der Waals surface area contributed by atoms with Gasteiger partial charge in [0, 0.05) is 58.5 Å². The summed E-state index contributed by atoms with van der Waals surface area (Å²) in [5.41, 5.74) is 7.80. The predicted octanol–water partition coefficient (Wildman–Crippen LogP) is 6.26. The number of fused-ring (bicyclic) bond motifs is 2. The highest BCUT2D eigenvalue weighted by Crippen LogP contribution is 2.41. The first-order valence-corrected chi connectivity index (χ1v) is 12.5. The lowest BCUT2D eigenvalue weighted by Crippen LogP contribution is -2.49. The van der Waals surface area contributed by atoms with Crippen LogP contribution < -0.4 is 4.90 Å². The summed E-state index contributed by atoms with van der Waals surface area (Å²) in [4.78, 5) is 25.0. The quantitative estimate of drug-likeness (QED) is 0.468. The van der Waals surface area contributed by atoms with Crippen LogP contribution in [0.1, 0.15) is 40.4 Å². The summed E-state index contributed by atoms with van der Waals surface area (Å²) in [7, 11) is 0. The van der Waals surface area contributed by atoms with E-state index in [1.165, 1.54) is 27.3 Å². The van der Waals surface area contributed by atoms with Crippen molar-refractivity contribution in [1.29, 1.82) is 0 Å². The molecule has 33 heavy (non-hydrogen) atoms. The Balaban J connectivity index is 1.35. The summed E-state index contributed by atoms with van der Waals surface area (Å²) < 4.78 is 0. The Morgan fingerprint density at radius 1 is 0.939 bits per heavy atom. The molecule has 0 aromatic heterocycles. The Morgan fingerprint density at radius 2 is 1.73 bits per heavy atom. The third-order valence-electron chi connectivity index (χ3n) is 6.70. The first-order valence-electron chi connectivity index (χ1n) is 11.6. The van der Waals surface area contributed by atoms with Crippen LogP contribution in [-0.4, -0.2) is 42.7 Å². The van der Waals surface area contributed by atoms with Gasteiger partial charge in [0.2, 0.25) is 0 Å². The SMILES string of the molecule is CCC1=Nc2cc(C(=O)N3CCN(c4cccc(C)c4C)CC3)ccc2Sc2ccccc21. The van der Waals surface area contributed by atoms with Gasteiger partial charge >= 0.3 is 0 Å².